The van der Waals surface area contributed by atoms with Crippen LogP contribution in [0.5, 0.6) is 0 Å². The van der Waals surface area contributed by atoms with Crippen LogP contribution >= 0.6 is 11.8 Å². The van der Waals surface area contributed by atoms with E-state index in [0.29, 0.717) is 30.1 Å². The number of rotatable bonds is 7. The molecular weight excluding hydrogens is 285 g/mol. The highest BCUT2D eigenvalue weighted by Crippen LogP contribution is 2.15. The topological polar surface area (TPSA) is 23.5 Å². The van der Waals surface area contributed by atoms with Gasteiger partial charge in [0.25, 0.3) is 0 Å². The van der Waals surface area contributed by atoms with Crippen molar-refractivity contribution in [3.8, 4) is 11.8 Å². The van der Waals surface area contributed by atoms with Crippen LogP contribution in [0, 0.1) is 17.7 Å². The van der Waals surface area contributed by atoms with E-state index in [1.165, 1.54) is 6.07 Å². The van der Waals surface area contributed by atoms with E-state index in [2.05, 4.69) is 29.9 Å². The summed E-state index contributed by atoms with van der Waals surface area (Å²) in [5, 5.41) is 8.67. The van der Waals surface area contributed by atoms with Crippen molar-refractivity contribution in [3.05, 3.63) is 35.1 Å². The molecule has 1 N–H and O–H groups in total. The molecule has 0 bridgehead atoms. The minimum Gasteiger partial charge on any atom is -0.395 e. The van der Waals surface area contributed by atoms with E-state index in [1.54, 1.807) is 6.07 Å². The molecule has 0 aliphatic carbocycles. The fraction of sp³-hybridized carbons (Fsp3) is 0.529. The van der Waals surface area contributed by atoms with Crippen LogP contribution in [0.1, 0.15) is 30.9 Å². The maximum Gasteiger partial charge on any atom is 0.128 e. The van der Waals surface area contributed by atoms with Gasteiger partial charge in [-0.2, -0.15) is 11.8 Å². The first-order valence-electron chi connectivity index (χ1n) is 7.15. The van der Waals surface area contributed by atoms with E-state index in [-0.39, 0.29) is 12.4 Å². The Labute approximate surface area is 131 Å². The lowest BCUT2D eigenvalue weighted by Gasteiger charge is -2.24. The summed E-state index contributed by atoms with van der Waals surface area (Å²) in [6.45, 7) is 2.81. The summed E-state index contributed by atoms with van der Waals surface area (Å²) in [7, 11) is 2.03. The normalized spacial score (nSPS) is 12.1. The predicted molar refractivity (Wildman–Crippen MR) is 88.9 cm³/mol. The van der Waals surface area contributed by atoms with Crippen LogP contribution in [-0.4, -0.2) is 41.7 Å². The third-order valence-corrected chi connectivity index (χ3v) is 4.08. The lowest BCUT2D eigenvalue weighted by atomic mass is 10.1. The molecule has 1 unspecified atom stereocenters. The van der Waals surface area contributed by atoms with Crippen molar-refractivity contribution in [2.24, 2.45) is 0 Å². The molecule has 0 aliphatic heterocycles. The molecule has 0 heterocycles. The maximum absolute atomic E-state index is 14.1. The number of hydrogen-bond acceptors (Lipinski definition) is 3. The Morgan fingerprint density at radius 1 is 1.43 bits per heavy atom. The van der Waals surface area contributed by atoms with Gasteiger partial charge in [0.15, 0.2) is 0 Å². The Morgan fingerprint density at radius 3 is 2.81 bits per heavy atom. The van der Waals surface area contributed by atoms with Gasteiger partial charge in [0.1, 0.15) is 5.82 Å². The molecule has 0 saturated heterocycles. The zero-order valence-electron chi connectivity index (χ0n) is 13.0. The molecule has 1 aromatic carbocycles. The smallest absolute Gasteiger partial charge is 0.128 e. The summed E-state index contributed by atoms with van der Waals surface area (Å²) in [6, 6.07) is 5.54. The van der Waals surface area contributed by atoms with Crippen molar-refractivity contribution in [2.45, 2.75) is 32.4 Å². The lowest BCUT2D eigenvalue weighted by Crippen LogP contribution is -2.29. The molecule has 0 aliphatic rings. The summed E-state index contributed by atoms with van der Waals surface area (Å²) in [4.78, 5) is 2.17. The minimum absolute atomic E-state index is 0.0340. The number of halogens is 1. The van der Waals surface area contributed by atoms with E-state index < -0.39 is 0 Å². The van der Waals surface area contributed by atoms with Gasteiger partial charge in [-0.25, -0.2) is 4.39 Å². The van der Waals surface area contributed by atoms with E-state index >= 15 is 0 Å². The van der Waals surface area contributed by atoms with Crippen LogP contribution in [0.15, 0.2) is 18.2 Å². The maximum atomic E-state index is 14.1. The second-order valence-corrected chi connectivity index (χ2v) is 6.11. The molecule has 0 fully saturated rings. The van der Waals surface area contributed by atoms with Gasteiger partial charge in [0, 0.05) is 30.1 Å². The summed E-state index contributed by atoms with van der Waals surface area (Å²) >= 11 is 1.83. The fourth-order valence-electron chi connectivity index (χ4n) is 1.91. The first-order chi connectivity index (χ1) is 10.1. The Bertz CT molecular complexity index is 495. The molecule has 0 saturated carbocycles. The number of hydrogen-bond donors (Lipinski definition) is 1. The summed E-state index contributed by atoms with van der Waals surface area (Å²) < 4.78 is 14.1. The molecule has 1 aromatic rings. The van der Waals surface area contributed by atoms with E-state index in [9.17, 15) is 4.39 Å². The lowest BCUT2D eigenvalue weighted by molar-refractivity contribution is 0.242. The third kappa shape index (κ3) is 6.52. The second-order valence-electron chi connectivity index (χ2n) is 5.13. The predicted octanol–water partition coefficient (Wildman–Crippen LogP) is 3.13. The van der Waals surface area contributed by atoms with Crippen molar-refractivity contribution in [3.63, 3.8) is 0 Å². The monoisotopic (exact) mass is 309 g/mol. The van der Waals surface area contributed by atoms with E-state index in [1.807, 2.05) is 24.9 Å². The van der Waals surface area contributed by atoms with Crippen LogP contribution in [-0.2, 0) is 6.54 Å². The van der Waals surface area contributed by atoms with Crippen molar-refractivity contribution >= 4 is 11.8 Å². The van der Waals surface area contributed by atoms with Crippen molar-refractivity contribution < 1.29 is 9.50 Å². The molecule has 0 spiro atoms. The molecule has 1 rings (SSSR count). The van der Waals surface area contributed by atoms with E-state index in [0.717, 1.165) is 12.2 Å². The number of aliphatic hydroxyl groups excluding tert-OH is 1. The average molecular weight is 309 g/mol. The molecule has 1 atom stereocenters. The average Bonchev–Trinajstić information content (AvgIpc) is 2.47. The summed E-state index contributed by atoms with van der Waals surface area (Å²) in [6.07, 6.45) is 3.62. The number of benzene rings is 1. The minimum atomic E-state index is -0.213. The van der Waals surface area contributed by atoms with Gasteiger partial charge in [-0.1, -0.05) is 17.9 Å². The van der Waals surface area contributed by atoms with E-state index in [4.69, 9.17) is 5.11 Å². The van der Waals surface area contributed by atoms with Crippen LogP contribution in [0.3, 0.4) is 0 Å². The van der Waals surface area contributed by atoms with Gasteiger partial charge >= 0.3 is 0 Å². The van der Waals surface area contributed by atoms with Gasteiger partial charge in [0.05, 0.1) is 6.61 Å². The summed E-state index contributed by atoms with van der Waals surface area (Å²) in [5.41, 5.74) is 1.35. The largest absolute Gasteiger partial charge is 0.395 e. The van der Waals surface area contributed by atoms with Gasteiger partial charge in [-0.3, -0.25) is 4.90 Å². The van der Waals surface area contributed by atoms with Crippen LogP contribution in [0.25, 0.3) is 0 Å². The fourth-order valence-corrected chi connectivity index (χ4v) is 2.48. The standard InChI is InChI=1S/C17H24FNOS/c1-14(9-11-21-3)19(2)13-16-8-7-15(12-17(16)18)6-4-5-10-20/h7-8,12,14,20H,5,9-11,13H2,1-3H3. The molecule has 4 heteroatoms. The molecule has 0 radical (unpaired) electrons. The SMILES string of the molecule is CSCCC(C)N(C)Cc1ccc(C#CCCO)cc1F. The first kappa shape index (κ1) is 18.0. The van der Waals surface area contributed by atoms with Crippen LogP contribution < -0.4 is 0 Å². The Hall–Kier alpha value is -1.02. The molecule has 21 heavy (non-hydrogen) atoms. The first-order valence-corrected chi connectivity index (χ1v) is 8.55. The molecule has 0 amide bonds. The van der Waals surface area contributed by atoms with Crippen LogP contribution in [0.4, 0.5) is 4.39 Å². The molecule has 2 nitrogen and oxygen atoms in total. The quantitative estimate of drug-likeness (QED) is 0.783. The van der Waals surface area contributed by atoms with Gasteiger partial charge in [0.2, 0.25) is 0 Å². The van der Waals surface area contributed by atoms with Gasteiger partial charge < -0.3 is 5.11 Å². The Balaban J connectivity index is 2.66. The Kier molecular flexibility index (Phi) is 8.44. The van der Waals surface area contributed by atoms with Gasteiger partial charge in [-0.05, 0) is 44.5 Å². The number of nitrogens with zero attached hydrogens (tertiary/aromatic N) is 1. The highest BCUT2D eigenvalue weighted by atomic mass is 32.2. The number of thioether (sulfide) groups is 1. The van der Waals surface area contributed by atoms with Crippen LogP contribution in [0.2, 0.25) is 0 Å². The highest BCUT2D eigenvalue weighted by Gasteiger charge is 2.11. The molecule has 0 aromatic heterocycles. The van der Waals surface area contributed by atoms with Crippen molar-refractivity contribution in [2.75, 3.05) is 25.7 Å². The van der Waals surface area contributed by atoms with Crippen molar-refractivity contribution in [1.82, 2.24) is 4.90 Å². The third-order valence-electron chi connectivity index (χ3n) is 3.43. The van der Waals surface area contributed by atoms with Crippen molar-refractivity contribution in [1.29, 1.82) is 0 Å². The highest BCUT2D eigenvalue weighted by molar-refractivity contribution is 7.98. The summed E-state index contributed by atoms with van der Waals surface area (Å²) in [5.74, 6) is 6.56. The molecular formula is C17H24FNOS. The zero-order valence-corrected chi connectivity index (χ0v) is 13.8. The molecule has 116 valence electrons. The van der Waals surface area contributed by atoms with Gasteiger partial charge in [-0.15, -0.1) is 0 Å². The number of aliphatic hydroxyl groups is 1. The zero-order chi connectivity index (χ0) is 15.7. The second kappa shape index (κ2) is 9.83. The Morgan fingerprint density at radius 2 is 2.19 bits per heavy atom.